The normalized spacial score (nSPS) is 23.0. The van der Waals surface area contributed by atoms with Crippen LogP contribution in [0.15, 0.2) is 17.0 Å². The molecule has 0 unspecified atom stereocenters. The second-order valence-corrected chi connectivity index (χ2v) is 7.65. The fourth-order valence-electron chi connectivity index (χ4n) is 2.39. The Bertz CT molecular complexity index is 614. The van der Waals surface area contributed by atoms with E-state index in [9.17, 15) is 8.42 Å². The van der Waals surface area contributed by atoms with E-state index in [4.69, 9.17) is 33.7 Å². The number of ether oxygens (including phenoxy) is 1. The van der Waals surface area contributed by atoms with Crippen LogP contribution in [0.4, 0.5) is 0 Å². The van der Waals surface area contributed by atoms with Crippen molar-refractivity contribution in [3.8, 4) is 5.75 Å². The zero-order valence-corrected chi connectivity index (χ0v) is 13.9. The summed E-state index contributed by atoms with van der Waals surface area (Å²) in [5.41, 5.74) is 5.82. The molecule has 0 amide bonds. The van der Waals surface area contributed by atoms with Gasteiger partial charge in [-0.15, -0.1) is 0 Å². The van der Waals surface area contributed by atoms with Crippen molar-refractivity contribution < 1.29 is 13.2 Å². The molecule has 8 heteroatoms. The summed E-state index contributed by atoms with van der Waals surface area (Å²) in [6.07, 6.45) is 3.07. The summed E-state index contributed by atoms with van der Waals surface area (Å²) in [7, 11) is -2.28. The van der Waals surface area contributed by atoms with Crippen LogP contribution in [-0.2, 0) is 10.0 Å². The molecule has 1 fully saturated rings. The topological polar surface area (TPSA) is 81.4 Å². The van der Waals surface area contributed by atoms with Crippen molar-refractivity contribution in [3.05, 3.63) is 22.2 Å². The van der Waals surface area contributed by atoms with E-state index in [1.807, 2.05) is 0 Å². The molecule has 5 nitrogen and oxygen atoms in total. The SMILES string of the molecule is COc1cc(Cl)c(S(=O)(=O)NC2CCC(N)CC2)cc1Cl. The zero-order valence-electron chi connectivity index (χ0n) is 11.6. The monoisotopic (exact) mass is 352 g/mol. The van der Waals surface area contributed by atoms with Gasteiger partial charge in [0.2, 0.25) is 10.0 Å². The van der Waals surface area contributed by atoms with Crippen LogP contribution in [0.25, 0.3) is 0 Å². The number of benzene rings is 1. The maximum Gasteiger partial charge on any atom is 0.242 e. The fourth-order valence-corrected chi connectivity index (χ4v) is 4.55. The van der Waals surface area contributed by atoms with E-state index in [2.05, 4.69) is 4.72 Å². The second kappa shape index (κ2) is 6.71. The molecule has 0 saturated heterocycles. The fraction of sp³-hybridized carbons (Fsp3) is 0.538. The molecule has 118 valence electrons. The van der Waals surface area contributed by atoms with Crippen LogP contribution in [-0.4, -0.2) is 27.6 Å². The Balaban J connectivity index is 2.21. The molecule has 1 aliphatic carbocycles. The summed E-state index contributed by atoms with van der Waals surface area (Å²) in [6.45, 7) is 0. The van der Waals surface area contributed by atoms with Crippen molar-refractivity contribution in [3.63, 3.8) is 0 Å². The molecule has 0 radical (unpaired) electrons. The average Bonchev–Trinajstić information content (AvgIpc) is 2.43. The lowest BCUT2D eigenvalue weighted by Crippen LogP contribution is -2.40. The van der Waals surface area contributed by atoms with Crippen molar-refractivity contribution >= 4 is 33.2 Å². The molecular weight excluding hydrogens is 335 g/mol. The number of methoxy groups -OCH3 is 1. The summed E-state index contributed by atoms with van der Waals surface area (Å²) in [6, 6.07) is 2.74. The number of halogens is 2. The van der Waals surface area contributed by atoms with Gasteiger partial charge in [0, 0.05) is 18.2 Å². The number of hydrogen-bond acceptors (Lipinski definition) is 4. The van der Waals surface area contributed by atoms with Crippen LogP contribution in [0.3, 0.4) is 0 Å². The standard InChI is InChI=1S/C13H18Cl2N2O3S/c1-20-12-6-11(15)13(7-10(12)14)21(18,19)17-9-4-2-8(16)3-5-9/h6-9,17H,2-5,16H2,1H3. The Kier molecular flexibility index (Phi) is 5.38. The van der Waals surface area contributed by atoms with Crippen LogP contribution in [0, 0.1) is 0 Å². The van der Waals surface area contributed by atoms with Gasteiger partial charge in [0.05, 0.1) is 17.2 Å². The van der Waals surface area contributed by atoms with Gasteiger partial charge < -0.3 is 10.5 Å². The van der Waals surface area contributed by atoms with E-state index in [0.717, 1.165) is 25.7 Å². The Morgan fingerprint density at radius 1 is 1.19 bits per heavy atom. The molecular formula is C13H18Cl2N2O3S. The second-order valence-electron chi connectivity index (χ2n) is 5.15. The first kappa shape index (κ1) is 16.8. The van der Waals surface area contributed by atoms with Gasteiger partial charge in [0.15, 0.2) is 0 Å². The minimum absolute atomic E-state index is 0.0372. The Hall–Kier alpha value is -0.530. The van der Waals surface area contributed by atoms with Crippen LogP contribution in [0.5, 0.6) is 5.75 Å². The average molecular weight is 353 g/mol. The minimum Gasteiger partial charge on any atom is -0.495 e. The highest BCUT2D eigenvalue weighted by atomic mass is 35.5. The maximum absolute atomic E-state index is 12.4. The van der Waals surface area contributed by atoms with E-state index < -0.39 is 10.0 Å². The number of hydrogen-bond donors (Lipinski definition) is 2. The third-order valence-electron chi connectivity index (χ3n) is 3.59. The molecule has 0 bridgehead atoms. The van der Waals surface area contributed by atoms with Gasteiger partial charge in [-0.1, -0.05) is 23.2 Å². The van der Waals surface area contributed by atoms with Gasteiger partial charge in [-0.25, -0.2) is 13.1 Å². The maximum atomic E-state index is 12.4. The highest BCUT2D eigenvalue weighted by Gasteiger charge is 2.26. The molecule has 0 heterocycles. The molecule has 0 aliphatic heterocycles. The first-order chi connectivity index (χ1) is 9.83. The largest absolute Gasteiger partial charge is 0.495 e. The summed E-state index contributed by atoms with van der Waals surface area (Å²) in [5.74, 6) is 0.337. The number of sulfonamides is 1. The van der Waals surface area contributed by atoms with Crippen LogP contribution < -0.4 is 15.2 Å². The predicted molar refractivity (Wildman–Crippen MR) is 83.6 cm³/mol. The lowest BCUT2D eigenvalue weighted by molar-refractivity contribution is 0.373. The Morgan fingerprint density at radius 2 is 1.81 bits per heavy atom. The highest BCUT2D eigenvalue weighted by molar-refractivity contribution is 7.89. The molecule has 1 aromatic carbocycles. The zero-order chi connectivity index (χ0) is 15.6. The minimum atomic E-state index is -3.72. The Labute approximate surface area is 134 Å². The molecule has 0 aromatic heterocycles. The molecule has 1 saturated carbocycles. The lowest BCUT2D eigenvalue weighted by Gasteiger charge is -2.26. The summed E-state index contributed by atoms with van der Waals surface area (Å²) in [4.78, 5) is -0.0372. The highest BCUT2D eigenvalue weighted by Crippen LogP contribution is 2.33. The smallest absolute Gasteiger partial charge is 0.242 e. The van der Waals surface area contributed by atoms with Gasteiger partial charge in [-0.2, -0.15) is 0 Å². The lowest BCUT2D eigenvalue weighted by atomic mass is 9.93. The third kappa shape index (κ3) is 4.02. The van der Waals surface area contributed by atoms with E-state index in [-0.39, 0.29) is 27.0 Å². The molecule has 3 N–H and O–H groups in total. The van der Waals surface area contributed by atoms with Crippen molar-refractivity contribution in [1.29, 1.82) is 0 Å². The van der Waals surface area contributed by atoms with Crippen molar-refractivity contribution in [1.82, 2.24) is 4.72 Å². The number of nitrogens with one attached hydrogen (secondary N) is 1. The molecule has 1 aromatic rings. The first-order valence-electron chi connectivity index (χ1n) is 6.64. The molecule has 2 rings (SSSR count). The third-order valence-corrected chi connectivity index (χ3v) is 5.87. The number of rotatable bonds is 4. The van der Waals surface area contributed by atoms with Crippen molar-refractivity contribution in [2.75, 3.05) is 7.11 Å². The molecule has 0 atom stereocenters. The number of nitrogens with two attached hydrogens (primary N) is 1. The van der Waals surface area contributed by atoms with Crippen LogP contribution in [0.1, 0.15) is 25.7 Å². The summed E-state index contributed by atoms with van der Waals surface area (Å²) in [5, 5.41) is 0.282. The predicted octanol–water partition coefficient (Wildman–Crippen LogP) is 2.55. The van der Waals surface area contributed by atoms with E-state index >= 15 is 0 Å². The quantitative estimate of drug-likeness (QED) is 0.872. The Morgan fingerprint density at radius 3 is 2.38 bits per heavy atom. The molecule has 21 heavy (non-hydrogen) atoms. The van der Waals surface area contributed by atoms with Crippen LogP contribution >= 0.6 is 23.2 Å². The van der Waals surface area contributed by atoms with Crippen molar-refractivity contribution in [2.24, 2.45) is 5.73 Å². The van der Waals surface area contributed by atoms with Crippen molar-refractivity contribution in [2.45, 2.75) is 42.7 Å². The summed E-state index contributed by atoms with van der Waals surface area (Å²) < 4.78 is 32.5. The first-order valence-corrected chi connectivity index (χ1v) is 8.88. The van der Waals surface area contributed by atoms with Gasteiger partial charge in [-0.3, -0.25) is 0 Å². The van der Waals surface area contributed by atoms with Gasteiger partial charge >= 0.3 is 0 Å². The molecule has 0 spiro atoms. The summed E-state index contributed by atoms with van der Waals surface area (Å²) >= 11 is 12.0. The van der Waals surface area contributed by atoms with E-state index in [0.29, 0.717) is 5.75 Å². The van der Waals surface area contributed by atoms with Gasteiger partial charge in [0.1, 0.15) is 10.6 Å². The van der Waals surface area contributed by atoms with E-state index in [1.54, 1.807) is 0 Å². The molecule has 1 aliphatic rings. The van der Waals surface area contributed by atoms with Crippen LogP contribution in [0.2, 0.25) is 10.0 Å². The van der Waals surface area contributed by atoms with E-state index in [1.165, 1.54) is 19.2 Å². The van der Waals surface area contributed by atoms with Gasteiger partial charge in [-0.05, 0) is 31.7 Å². The van der Waals surface area contributed by atoms with Gasteiger partial charge in [0.25, 0.3) is 0 Å².